The van der Waals surface area contributed by atoms with Gasteiger partial charge in [0.05, 0.1) is 17.6 Å². The van der Waals surface area contributed by atoms with Crippen molar-refractivity contribution in [2.24, 2.45) is 0 Å². The van der Waals surface area contributed by atoms with E-state index in [1.165, 1.54) is 30.0 Å². The smallest absolute Gasteiger partial charge is 0.375 e. The molecule has 1 aliphatic carbocycles. The number of aromatic amines is 1. The Kier molecular flexibility index (Phi) is 7.88. The van der Waals surface area contributed by atoms with E-state index in [-0.39, 0.29) is 17.5 Å². The number of nitrogens with one attached hydrogen (secondary N) is 2. The fraction of sp³-hybridized carbons (Fsp3) is 0.480. The molecule has 9 nitrogen and oxygen atoms in total. The molecule has 0 radical (unpaired) electrons. The first-order chi connectivity index (χ1) is 16.8. The lowest BCUT2D eigenvalue weighted by Crippen LogP contribution is -2.36. The maximum atomic E-state index is 12.5. The van der Waals surface area contributed by atoms with Gasteiger partial charge in [-0.15, -0.1) is 0 Å². The molecule has 1 amide bonds. The first-order valence-electron chi connectivity index (χ1n) is 12.0. The summed E-state index contributed by atoms with van der Waals surface area (Å²) in [6.07, 6.45) is 10.4. The second kappa shape index (κ2) is 11.1. The van der Waals surface area contributed by atoms with E-state index in [2.05, 4.69) is 38.4 Å². The lowest BCUT2D eigenvalue weighted by atomic mass is 9.85. The molecule has 0 atom stereocenters. The number of rotatable bonds is 7. The minimum Gasteiger partial charge on any atom is -0.375 e. The zero-order valence-corrected chi connectivity index (χ0v) is 20.7. The van der Waals surface area contributed by atoms with Crippen molar-refractivity contribution in [2.45, 2.75) is 44.4 Å². The number of imidazole rings is 1. The van der Waals surface area contributed by atoms with Crippen molar-refractivity contribution >= 4 is 27.2 Å². The Bertz CT molecular complexity index is 1240. The molecule has 0 unspecified atom stereocenters. The monoisotopic (exact) mass is 497 g/mol. The van der Waals surface area contributed by atoms with E-state index in [0.29, 0.717) is 18.2 Å². The number of allylic oxidation sites excluding steroid dienone is 2. The Labute approximate surface area is 206 Å². The molecule has 0 bridgehead atoms. The van der Waals surface area contributed by atoms with E-state index in [1.807, 2.05) is 12.1 Å². The summed E-state index contributed by atoms with van der Waals surface area (Å²) in [6.45, 7) is 2.33. The number of piperidine rings is 1. The number of carbonyl (C=O) groups is 1. The van der Waals surface area contributed by atoms with E-state index in [4.69, 9.17) is 10.00 Å². The molecule has 0 saturated carbocycles. The number of carbonyl (C=O) groups excluding carboxylic acids is 1. The number of nitriles is 1. The number of ether oxygens (including phenoxy) is 1. The van der Waals surface area contributed by atoms with Gasteiger partial charge in [0, 0.05) is 18.4 Å². The standard InChI is InChI=1S/C25H31N5O4S/c1-35(32,33)14-13-30-11-9-18(10-12-30)20-7-8-23(22(15-20)19-5-3-2-4-6-19)29-25(31)34-24-27-17-21(16-26)28-24/h5,7-8,15,17-18H,2-4,6,9-14H2,1H3,(H,27,28)(H,29,31). The number of anilines is 1. The lowest BCUT2D eigenvalue weighted by molar-refractivity contribution is 0.211. The van der Waals surface area contributed by atoms with Crippen LogP contribution in [0.2, 0.25) is 0 Å². The van der Waals surface area contributed by atoms with Gasteiger partial charge >= 0.3 is 12.1 Å². The topological polar surface area (TPSA) is 128 Å². The van der Waals surface area contributed by atoms with Crippen molar-refractivity contribution in [1.82, 2.24) is 14.9 Å². The predicted octanol–water partition coefficient (Wildman–Crippen LogP) is 4.07. The number of benzene rings is 1. The second-order valence-corrected chi connectivity index (χ2v) is 11.5. The second-order valence-electron chi connectivity index (χ2n) is 9.25. The van der Waals surface area contributed by atoms with Crippen molar-refractivity contribution in [3.63, 3.8) is 0 Å². The largest absolute Gasteiger partial charge is 0.419 e. The number of nitrogens with zero attached hydrogens (tertiary/aromatic N) is 3. The molecule has 2 heterocycles. The van der Waals surface area contributed by atoms with Gasteiger partial charge in [0.2, 0.25) is 0 Å². The van der Waals surface area contributed by atoms with Crippen molar-refractivity contribution in [2.75, 3.05) is 37.0 Å². The summed E-state index contributed by atoms with van der Waals surface area (Å²) < 4.78 is 28.2. The Balaban J connectivity index is 1.47. The molecule has 2 aromatic rings. The van der Waals surface area contributed by atoms with E-state index in [0.717, 1.165) is 50.8 Å². The lowest BCUT2D eigenvalue weighted by Gasteiger charge is -2.32. The molecule has 0 spiro atoms. The van der Waals surface area contributed by atoms with Crippen LogP contribution in [0.15, 0.2) is 30.5 Å². The molecule has 1 saturated heterocycles. The molecule has 35 heavy (non-hydrogen) atoms. The normalized spacial score (nSPS) is 17.4. The maximum Gasteiger partial charge on any atom is 0.419 e. The zero-order chi connectivity index (χ0) is 24.8. The molecule has 1 fully saturated rings. The van der Waals surface area contributed by atoms with Crippen molar-refractivity contribution in [3.05, 3.63) is 47.3 Å². The molecule has 186 valence electrons. The Morgan fingerprint density at radius 1 is 1.31 bits per heavy atom. The summed E-state index contributed by atoms with van der Waals surface area (Å²) in [4.78, 5) is 21.3. The third-order valence-electron chi connectivity index (χ3n) is 6.62. The molecule has 1 aliphatic heterocycles. The first-order valence-corrected chi connectivity index (χ1v) is 14.0. The van der Waals surface area contributed by atoms with E-state index >= 15 is 0 Å². The quantitative estimate of drug-likeness (QED) is 0.590. The van der Waals surface area contributed by atoms with Crippen molar-refractivity contribution in [3.8, 4) is 12.1 Å². The van der Waals surface area contributed by atoms with Gasteiger partial charge in [-0.25, -0.2) is 18.2 Å². The molecule has 1 aromatic carbocycles. The van der Waals surface area contributed by atoms with E-state index < -0.39 is 15.9 Å². The van der Waals surface area contributed by atoms with Crippen molar-refractivity contribution in [1.29, 1.82) is 5.26 Å². The van der Waals surface area contributed by atoms with Gasteiger partial charge in [-0.05, 0) is 80.8 Å². The van der Waals surface area contributed by atoms with Gasteiger partial charge in [-0.1, -0.05) is 12.1 Å². The summed E-state index contributed by atoms with van der Waals surface area (Å²) in [5, 5.41) is 11.7. The van der Waals surface area contributed by atoms with Gasteiger partial charge in [0.1, 0.15) is 21.6 Å². The molecule has 4 rings (SSSR count). The highest BCUT2D eigenvalue weighted by atomic mass is 32.2. The Morgan fingerprint density at radius 2 is 2.11 bits per heavy atom. The molecule has 2 aliphatic rings. The van der Waals surface area contributed by atoms with Crippen LogP contribution in [0.5, 0.6) is 6.01 Å². The average molecular weight is 498 g/mol. The fourth-order valence-corrected chi connectivity index (χ4v) is 5.28. The van der Waals surface area contributed by atoms with Crippen LogP contribution in [0.1, 0.15) is 61.3 Å². The van der Waals surface area contributed by atoms with E-state index in [1.54, 1.807) is 0 Å². The minimum atomic E-state index is -2.96. The van der Waals surface area contributed by atoms with Crippen LogP contribution in [0, 0.1) is 11.3 Å². The number of H-pyrrole nitrogens is 1. The number of sulfone groups is 1. The number of amides is 1. The molecular weight excluding hydrogens is 466 g/mol. The van der Waals surface area contributed by atoms with Crippen LogP contribution in [-0.4, -0.2) is 61.0 Å². The molecular formula is C25H31N5O4S. The van der Waals surface area contributed by atoms with Gasteiger partial charge < -0.3 is 9.64 Å². The summed E-state index contributed by atoms with van der Waals surface area (Å²) in [6, 6.07) is 8.05. The zero-order valence-electron chi connectivity index (χ0n) is 19.9. The van der Waals surface area contributed by atoms with Crippen LogP contribution < -0.4 is 10.1 Å². The fourth-order valence-electron chi connectivity index (χ4n) is 4.69. The number of hydrogen-bond donors (Lipinski definition) is 2. The predicted molar refractivity (Wildman–Crippen MR) is 134 cm³/mol. The summed E-state index contributed by atoms with van der Waals surface area (Å²) >= 11 is 0. The van der Waals surface area contributed by atoms with Gasteiger partial charge in [-0.2, -0.15) is 5.26 Å². The summed E-state index contributed by atoms with van der Waals surface area (Å²) in [5.74, 6) is 0.586. The number of aromatic nitrogens is 2. The average Bonchev–Trinajstić information content (AvgIpc) is 3.31. The third kappa shape index (κ3) is 6.93. The van der Waals surface area contributed by atoms with Crippen LogP contribution in [0.3, 0.4) is 0 Å². The van der Waals surface area contributed by atoms with Gasteiger partial charge in [-0.3, -0.25) is 10.3 Å². The molecule has 2 N–H and O–H groups in total. The third-order valence-corrected chi connectivity index (χ3v) is 7.54. The molecule has 1 aromatic heterocycles. The van der Waals surface area contributed by atoms with Crippen LogP contribution in [-0.2, 0) is 9.84 Å². The van der Waals surface area contributed by atoms with Crippen LogP contribution in [0.25, 0.3) is 5.57 Å². The minimum absolute atomic E-state index is 0.0308. The highest BCUT2D eigenvalue weighted by Gasteiger charge is 2.23. The first kappa shape index (κ1) is 24.9. The highest BCUT2D eigenvalue weighted by Crippen LogP contribution is 2.36. The highest BCUT2D eigenvalue weighted by molar-refractivity contribution is 7.90. The number of likely N-dealkylation sites (tertiary alicyclic amines) is 1. The van der Waals surface area contributed by atoms with Crippen LogP contribution >= 0.6 is 0 Å². The van der Waals surface area contributed by atoms with Gasteiger partial charge in [0.25, 0.3) is 0 Å². The van der Waals surface area contributed by atoms with Crippen molar-refractivity contribution < 1.29 is 17.9 Å². The molecule has 10 heteroatoms. The number of hydrogen-bond acceptors (Lipinski definition) is 7. The summed E-state index contributed by atoms with van der Waals surface area (Å²) in [7, 11) is -2.96. The Hall–Kier alpha value is -3.16. The van der Waals surface area contributed by atoms with Crippen LogP contribution in [0.4, 0.5) is 10.5 Å². The van der Waals surface area contributed by atoms with E-state index in [9.17, 15) is 13.2 Å². The van der Waals surface area contributed by atoms with Gasteiger partial charge in [0.15, 0.2) is 0 Å². The summed E-state index contributed by atoms with van der Waals surface area (Å²) in [5.41, 5.74) is 4.37. The Morgan fingerprint density at radius 3 is 2.77 bits per heavy atom. The SMILES string of the molecule is CS(=O)(=O)CCN1CCC(c2ccc(NC(=O)Oc3ncc(C#N)[nH]3)c(C3=CCCCC3)c2)CC1. The maximum absolute atomic E-state index is 12.5.